The highest BCUT2D eigenvalue weighted by Gasteiger charge is 2.16. The van der Waals surface area contributed by atoms with Gasteiger partial charge in [-0.2, -0.15) is 0 Å². The Kier molecular flexibility index (Phi) is 5.90. The highest BCUT2D eigenvalue weighted by Crippen LogP contribution is 2.26. The van der Waals surface area contributed by atoms with Crippen molar-refractivity contribution in [3.63, 3.8) is 0 Å². The smallest absolute Gasteiger partial charge is 0.141 e. The molecule has 2 aromatic heterocycles. The van der Waals surface area contributed by atoms with Crippen LogP contribution >= 0.6 is 0 Å². The fourth-order valence-corrected chi connectivity index (χ4v) is 4.25. The molecular weight excluding hydrogens is 365 g/mol. The number of nitrogens with zero attached hydrogens (tertiary/aromatic N) is 4. The molecule has 0 atom stereocenters. The van der Waals surface area contributed by atoms with Gasteiger partial charge in [0.15, 0.2) is 0 Å². The van der Waals surface area contributed by atoms with Crippen LogP contribution in [0.1, 0.15) is 49.2 Å². The zero-order chi connectivity index (χ0) is 20.4. The van der Waals surface area contributed by atoms with E-state index >= 15 is 0 Å². The molecule has 1 fully saturated rings. The first-order chi connectivity index (χ1) is 14.0. The van der Waals surface area contributed by atoms with Crippen molar-refractivity contribution in [1.82, 2.24) is 24.8 Å². The first kappa shape index (κ1) is 20.0. The Hall–Kier alpha value is -2.34. The summed E-state index contributed by atoms with van der Waals surface area (Å²) in [4.78, 5) is 19.6. The van der Waals surface area contributed by atoms with Crippen molar-refractivity contribution in [3.05, 3.63) is 41.2 Å². The Balaban J connectivity index is 1.37. The average molecular weight is 396 g/mol. The lowest BCUT2D eigenvalue weighted by Crippen LogP contribution is -2.30. The molecule has 5 nitrogen and oxygen atoms in total. The number of imidazole rings is 1. The number of nitrogens with one attached hydrogen (secondary N) is 1. The summed E-state index contributed by atoms with van der Waals surface area (Å²) >= 11 is 0. The van der Waals surface area contributed by atoms with E-state index in [0.717, 1.165) is 41.4 Å². The lowest BCUT2D eigenvalue weighted by Gasteiger charge is -2.28. The summed E-state index contributed by atoms with van der Waals surface area (Å²) in [5, 5.41) is 0. The van der Waals surface area contributed by atoms with Gasteiger partial charge in [-0.15, -0.1) is 0 Å². The number of hydrogen-bond acceptors (Lipinski definition) is 4. The Labute approximate surface area is 171 Å². The van der Waals surface area contributed by atoms with Crippen LogP contribution in [0.2, 0.25) is 0 Å². The van der Waals surface area contributed by atoms with Crippen LogP contribution in [0.3, 0.4) is 0 Å². The highest BCUT2D eigenvalue weighted by molar-refractivity contribution is 5.82. The minimum absolute atomic E-state index is 0.237. The molecule has 6 heteroatoms. The van der Waals surface area contributed by atoms with Gasteiger partial charge in [-0.3, -0.25) is 0 Å². The van der Waals surface area contributed by atoms with Crippen LogP contribution < -0.4 is 0 Å². The first-order valence-corrected chi connectivity index (χ1v) is 10.7. The summed E-state index contributed by atoms with van der Waals surface area (Å²) in [6.45, 7) is 6.21. The Morgan fingerprint density at radius 2 is 1.93 bits per heavy atom. The van der Waals surface area contributed by atoms with E-state index in [9.17, 15) is 4.39 Å². The minimum atomic E-state index is -0.237. The Morgan fingerprint density at radius 3 is 2.69 bits per heavy atom. The van der Waals surface area contributed by atoms with Gasteiger partial charge in [0, 0.05) is 18.2 Å². The van der Waals surface area contributed by atoms with Gasteiger partial charge in [0.25, 0.3) is 0 Å². The molecule has 0 unspecified atom stereocenters. The molecule has 4 rings (SSSR count). The molecule has 0 saturated carbocycles. The van der Waals surface area contributed by atoms with Crippen LogP contribution in [0.5, 0.6) is 0 Å². The van der Waals surface area contributed by atoms with Crippen LogP contribution in [0, 0.1) is 25.6 Å². The summed E-state index contributed by atoms with van der Waals surface area (Å²) < 4.78 is 13.8. The maximum absolute atomic E-state index is 13.8. The molecule has 3 aromatic rings. The van der Waals surface area contributed by atoms with Gasteiger partial charge in [0.2, 0.25) is 0 Å². The second-order valence-electron chi connectivity index (χ2n) is 8.43. The second kappa shape index (κ2) is 8.57. The fraction of sp³-hybridized carbons (Fsp3) is 0.522. The third-order valence-corrected chi connectivity index (χ3v) is 6.23. The molecule has 1 N–H and O–H groups in total. The van der Waals surface area contributed by atoms with E-state index in [1.807, 2.05) is 13.1 Å². The van der Waals surface area contributed by atoms with Crippen molar-refractivity contribution in [2.24, 2.45) is 5.92 Å². The number of H-pyrrole nitrogens is 1. The maximum Gasteiger partial charge on any atom is 0.141 e. The summed E-state index contributed by atoms with van der Waals surface area (Å²) in [7, 11) is 2.21. The molecule has 1 aliphatic rings. The molecule has 0 bridgehead atoms. The lowest BCUT2D eigenvalue weighted by molar-refractivity contribution is 0.209. The van der Waals surface area contributed by atoms with Crippen LogP contribution in [0.25, 0.3) is 22.4 Å². The third kappa shape index (κ3) is 4.47. The number of halogens is 1. The van der Waals surface area contributed by atoms with Gasteiger partial charge in [-0.1, -0.05) is 12.8 Å². The summed E-state index contributed by atoms with van der Waals surface area (Å²) in [5.41, 5.74) is 3.83. The predicted molar refractivity (Wildman–Crippen MR) is 114 cm³/mol. The highest BCUT2D eigenvalue weighted by atomic mass is 19.1. The van der Waals surface area contributed by atoms with Crippen molar-refractivity contribution >= 4 is 11.0 Å². The molecular formula is C23H30FN5. The molecule has 1 saturated heterocycles. The van der Waals surface area contributed by atoms with Gasteiger partial charge < -0.3 is 9.88 Å². The van der Waals surface area contributed by atoms with E-state index in [4.69, 9.17) is 4.98 Å². The van der Waals surface area contributed by atoms with E-state index in [1.165, 1.54) is 44.8 Å². The summed E-state index contributed by atoms with van der Waals surface area (Å²) in [5.74, 6) is 2.24. The number of aryl methyl sites for hydroxylation is 3. The molecule has 29 heavy (non-hydrogen) atoms. The van der Waals surface area contributed by atoms with Gasteiger partial charge in [0.1, 0.15) is 17.5 Å². The molecule has 1 aliphatic heterocycles. The normalized spacial score (nSPS) is 16.0. The molecule has 154 valence electrons. The largest absolute Gasteiger partial charge is 0.338 e. The number of piperidine rings is 1. The number of fused-ring (bicyclic) bond motifs is 1. The molecule has 0 amide bonds. The lowest BCUT2D eigenvalue weighted by atomic mass is 9.91. The molecule has 3 heterocycles. The van der Waals surface area contributed by atoms with E-state index in [1.54, 1.807) is 13.0 Å². The van der Waals surface area contributed by atoms with E-state index < -0.39 is 0 Å². The van der Waals surface area contributed by atoms with E-state index in [-0.39, 0.29) is 5.82 Å². The van der Waals surface area contributed by atoms with Crippen molar-refractivity contribution in [2.45, 2.75) is 52.4 Å². The number of aromatic amines is 1. The van der Waals surface area contributed by atoms with Gasteiger partial charge in [-0.05, 0) is 71.3 Å². The predicted octanol–water partition coefficient (Wildman–Crippen LogP) is 4.83. The number of aromatic nitrogens is 4. The van der Waals surface area contributed by atoms with Crippen LogP contribution in [-0.4, -0.2) is 45.0 Å². The van der Waals surface area contributed by atoms with Crippen molar-refractivity contribution in [3.8, 4) is 11.4 Å². The quantitative estimate of drug-likeness (QED) is 0.607. The first-order valence-electron chi connectivity index (χ1n) is 10.7. The van der Waals surface area contributed by atoms with E-state index in [0.29, 0.717) is 16.9 Å². The molecule has 0 aliphatic carbocycles. The van der Waals surface area contributed by atoms with Crippen molar-refractivity contribution in [1.29, 1.82) is 0 Å². The monoisotopic (exact) mass is 395 g/mol. The zero-order valence-electron chi connectivity index (χ0n) is 17.6. The summed E-state index contributed by atoms with van der Waals surface area (Å²) in [6.07, 6.45) is 9.13. The van der Waals surface area contributed by atoms with Crippen molar-refractivity contribution in [2.75, 3.05) is 20.1 Å². The van der Waals surface area contributed by atoms with E-state index in [2.05, 4.69) is 26.9 Å². The third-order valence-electron chi connectivity index (χ3n) is 6.23. The summed E-state index contributed by atoms with van der Waals surface area (Å²) in [6, 6.07) is 3.20. The minimum Gasteiger partial charge on any atom is -0.338 e. The fourth-order valence-electron chi connectivity index (χ4n) is 4.25. The average Bonchev–Trinajstić information content (AvgIpc) is 3.14. The number of benzene rings is 1. The zero-order valence-corrected chi connectivity index (χ0v) is 17.6. The number of rotatable bonds is 6. The van der Waals surface area contributed by atoms with Gasteiger partial charge >= 0.3 is 0 Å². The standard InChI is InChI=1S/C23H30FN5/c1-15-19(24)8-9-20-22(15)28-23(27-20)18-14-25-21(26-16(18)2)7-5-4-6-17-10-12-29(3)13-11-17/h8-9,14,17H,4-7,10-13H2,1-3H3,(H,27,28). The van der Waals surface area contributed by atoms with Crippen molar-refractivity contribution < 1.29 is 4.39 Å². The molecule has 0 spiro atoms. The molecule has 1 aromatic carbocycles. The Bertz CT molecular complexity index is 988. The maximum atomic E-state index is 13.8. The topological polar surface area (TPSA) is 57.7 Å². The molecule has 0 radical (unpaired) electrons. The van der Waals surface area contributed by atoms with Gasteiger partial charge in [-0.25, -0.2) is 19.3 Å². The number of unbranched alkanes of at least 4 members (excludes halogenated alkanes) is 1. The van der Waals surface area contributed by atoms with Crippen LogP contribution in [0.15, 0.2) is 18.3 Å². The van der Waals surface area contributed by atoms with Crippen LogP contribution in [-0.2, 0) is 6.42 Å². The SMILES string of the molecule is Cc1nc(CCCCC2CCN(C)CC2)ncc1-c1nc2c(C)c(F)ccc2[nH]1. The number of likely N-dealkylation sites (tertiary alicyclic amines) is 1. The second-order valence-corrected chi connectivity index (χ2v) is 8.43. The Morgan fingerprint density at radius 1 is 1.14 bits per heavy atom. The van der Waals surface area contributed by atoms with Crippen LogP contribution in [0.4, 0.5) is 4.39 Å². The number of hydrogen-bond donors (Lipinski definition) is 1. The van der Waals surface area contributed by atoms with Gasteiger partial charge in [0.05, 0.1) is 22.3 Å².